The summed E-state index contributed by atoms with van der Waals surface area (Å²) >= 11 is 0. The first-order chi connectivity index (χ1) is 7.00. The van der Waals surface area contributed by atoms with E-state index < -0.39 is 11.9 Å². The second-order valence-electron chi connectivity index (χ2n) is 4.68. The molecule has 0 aromatic heterocycles. The van der Waals surface area contributed by atoms with E-state index in [0.717, 1.165) is 12.8 Å². The Labute approximate surface area is 90.0 Å². The number of hydrogen-bond donors (Lipinski definition) is 2. The van der Waals surface area contributed by atoms with E-state index in [1.54, 1.807) is 0 Å². The van der Waals surface area contributed by atoms with Gasteiger partial charge in [-0.1, -0.05) is 13.8 Å². The number of rotatable bonds is 6. The molecule has 0 radical (unpaired) electrons. The minimum absolute atomic E-state index is 0.132. The van der Waals surface area contributed by atoms with Crippen molar-refractivity contribution in [2.45, 2.75) is 33.1 Å². The lowest BCUT2D eigenvalue weighted by molar-refractivity contribution is -0.144. The van der Waals surface area contributed by atoms with Gasteiger partial charge in [0, 0.05) is 13.0 Å². The number of carbonyl (C=O) groups excluding carboxylic acids is 1. The second kappa shape index (κ2) is 5.14. The van der Waals surface area contributed by atoms with Crippen LogP contribution in [-0.4, -0.2) is 23.5 Å². The maximum absolute atomic E-state index is 11.4. The van der Waals surface area contributed by atoms with E-state index in [2.05, 4.69) is 5.32 Å². The SMILES string of the molecule is CC(C)CNC(=O)CC(C(=O)O)C1CC1. The highest BCUT2D eigenvalue weighted by Gasteiger charge is 2.37. The third-order valence-corrected chi connectivity index (χ3v) is 2.62. The van der Waals surface area contributed by atoms with Crippen LogP contribution in [0.15, 0.2) is 0 Å². The molecule has 1 atom stereocenters. The molecule has 0 aliphatic heterocycles. The first-order valence-electron chi connectivity index (χ1n) is 5.50. The Bertz CT molecular complexity index is 246. The van der Waals surface area contributed by atoms with Crippen LogP contribution in [0.1, 0.15) is 33.1 Å². The molecule has 0 bridgehead atoms. The van der Waals surface area contributed by atoms with Crippen LogP contribution in [0.3, 0.4) is 0 Å². The molecule has 0 aromatic rings. The molecular formula is C11H19NO3. The van der Waals surface area contributed by atoms with Crippen molar-refractivity contribution >= 4 is 11.9 Å². The van der Waals surface area contributed by atoms with Crippen LogP contribution in [-0.2, 0) is 9.59 Å². The number of hydrogen-bond acceptors (Lipinski definition) is 2. The third kappa shape index (κ3) is 4.32. The third-order valence-electron chi connectivity index (χ3n) is 2.62. The summed E-state index contributed by atoms with van der Waals surface area (Å²) in [6.07, 6.45) is 2.04. The molecule has 1 unspecified atom stereocenters. The highest BCUT2D eigenvalue weighted by atomic mass is 16.4. The van der Waals surface area contributed by atoms with Crippen LogP contribution < -0.4 is 5.32 Å². The van der Waals surface area contributed by atoms with Crippen LogP contribution in [0.4, 0.5) is 0 Å². The molecule has 0 saturated heterocycles. The zero-order valence-electron chi connectivity index (χ0n) is 9.32. The Balaban J connectivity index is 2.31. The maximum atomic E-state index is 11.4. The first kappa shape index (κ1) is 12.0. The smallest absolute Gasteiger partial charge is 0.307 e. The zero-order valence-corrected chi connectivity index (χ0v) is 9.32. The largest absolute Gasteiger partial charge is 0.481 e. The van der Waals surface area contributed by atoms with E-state index in [0.29, 0.717) is 12.5 Å². The molecule has 1 amide bonds. The van der Waals surface area contributed by atoms with Crippen LogP contribution >= 0.6 is 0 Å². The molecule has 0 heterocycles. The summed E-state index contributed by atoms with van der Waals surface area (Å²) in [7, 11) is 0. The van der Waals surface area contributed by atoms with Gasteiger partial charge in [-0.05, 0) is 24.7 Å². The van der Waals surface area contributed by atoms with Gasteiger partial charge in [-0.3, -0.25) is 9.59 Å². The van der Waals surface area contributed by atoms with E-state index in [1.807, 2.05) is 13.8 Å². The minimum atomic E-state index is -0.836. The number of carboxylic acid groups (broad SMARTS) is 1. The Kier molecular flexibility index (Phi) is 4.12. The number of carbonyl (C=O) groups is 2. The summed E-state index contributed by atoms with van der Waals surface area (Å²) in [6.45, 7) is 4.64. The van der Waals surface area contributed by atoms with Gasteiger partial charge >= 0.3 is 5.97 Å². The maximum Gasteiger partial charge on any atom is 0.307 e. The lowest BCUT2D eigenvalue weighted by Crippen LogP contribution is -2.31. The second-order valence-corrected chi connectivity index (χ2v) is 4.68. The van der Waals surface area contributed by atoms with Crippen molar-refractivity contribution in [3.05, 3.63) is 0 Å². The van der Waals surface area contributed by atoms with E-state index in [1.165, 1.54) is 0 Å². The topological polar surface area (TPSA) is 66.4 Å². The van der Waals surface area contributed by atoms with Crippen molar-refractivity contribution < 1.29 is 14.7 Å². The normalized spacial score (nSPS) is 17.5. The molecule has 1 rings (SSSR count). The molecule has 4 nitrogen and oxygen atoms in total. The Morgan fingerprint density at radius 1 is 1.40 bits per heavy atom. The molecule has 1 aliphatic rings. The molecule has 0 spiro atoms. The predicted molar refractivity (Wildman–Crippen MR) is 56.3 cm³/mol. The van der Waals surface area contributed by atoms with E-state index in [-0.39, 0.29) is 18.2 Å². The monoisotopic (exact) mass is 213 g/mol. The molecule has 4 heteroatoms. The average molecular weight is 213 g/mol. The van der Waals surface area contributed by atoms with E-state index in [9.17, 15) is 9.59 Å². The molecule has 1 fully saturated rings. The summed E-state index contributed by atoms with van der Waals surface area (Å²) in [4.78, 5) is 22.3. The van der Waals surface area contributed by atoms with Gasteiger partial charge in [0.25, 0.3) is 0 Å². The van der Waals surface area contributed by atoms with Crippen molar-refractivity contribution in [2.75, 3.05) is 6.54 Å². The van der Waals surface area contributed by atoms with Gasteiger partial charge < -0.3 is 10.4 Å². The van der Waals surface area contributed by atoms with E-state index in [4.69, 9.17) is 5.11 Å². The Morgan fingerprint density at radius 3 is 2.40 bits per heavy atom. The fourth-order valence-electron chi connectivity index (χ4n) is 1.54. The summed E-state index contributed by atoms with van der Waals surface area (Å²) in [5, 5.41) is 11.7. The van der Waals surface area contributed by atoms with Gasteiger partial charge in [-0.25, -0.2) is 0 Å². The van der Waals surface area contributed by atoms with Crippen LogP contribution in [0.25, 0.3) is 0 Å². The van der Waals surface area contributed by atoms with Crippen molar-refractivity contribution in [1.29, 1.82) is 0 Å². The summed E-state index contributed by atoms with van der Waals surface area (Å²) in [5.74, 6) is -0.817. The number of carboxylic acids is 1. The van der Waals surface area contributed by atoms with Crippen molar-refractivity contribution in [3.8, 4) is 0 Å². The van der Waals surface area contributed by atoms with Crippen molar-refractivity contribution in [3.63, 3.8) is 0 Å². The van der Waals surface area contributed by atoms with Gasteiger partial charge in [0.2, 0.25) is 5.91 Å². The minimum Gasteiger partial charge on any atom is -0.481 e. The number of aliphatic carboxylic acids is 1. The van der Waals surface area contributed by atoms with Gasteiger partial charge in [0.1, 0.15) is 0 Å². The zero-order chi connectivity index (χ0) is 11.4. The summed E-state index contributed by atoms with van der Waals surface area (Å²) in [5.41, 5.74) is 0. The number of nitrogens with one attached hydrogen (secondary N) is 1. The van der Waals surface area contributed by atoms with Crippen LogP contribution in [0.2, 0.25) is 0 Å². The molecule has 2 N–H and O–H groups in total. The predicted octanol–water partition coefficient (Wildman–Crippen LogP) is 1.26. The molecule has 0 aromatic carbocycles. The van der Waals surface area contributed by atoms with Crippen LogP contribution in [0, 0.1) is 17.8 Å². The van der Waals surface area contributed by atoms with Crippen LogP contribution in [0.5, 0.6) is 0 Å². The van der Waals surface area contributed by atoms with E-state index >= 15 is 0 Å². The van der Waals surface area contributed by atoms with Crippen molar-refractivity contribution in [1.82, 2.24) is 5.32 Å². The van der Waals surface area contributed by atoms with Crippen molar-refractivity contribution in [2.24, 2.45) is 17.8 Å². The molecule has 1 aliphatic carbocycles. The standard InChI is InChI=1S/C11H19NO3/c1-7(2)6-12-10(13)5-9(11(14)15)8-3-4-8/h7-9H,3-6H2,1-2H3,(H,12,13)(H,14,15). The molecular weight excluding hydrogens is 194 g/mol. The highest BCUT2D eigenvalue weighted by molar-refractivity contribution is 5.82. The lowest BCUT2D eigenvalue weighted by Gasteiger charge is -2.12. The van der Waals surface area contributed by atoms with Gasteiger partial charge in [-0.2, -0.15) is 0 Å². The Morgan fingerprint density at radius 2 is 2.00 bits per heavy atom. The van der Waals surface area contributed by atoms with Gasteiger partial charge in [0.15, 0.2) is 0 Å². The average Bonchev–Trinajstić information content (AvgIpc) is 2.93. The Hall–Kier alpha value is -1.06. The van der Waals surface area contributed by atoms with Gasteiger partial charge in [0.05, 0.1) is 5.92 Å². The number of amides is 1. The fraction of sp³-hybridized carbons (Fsp3) is 0.818. The van der Waals surface area contributed by atoms with Gasteiger partial charge in [-0.15, -0.1) is 0 Å². The first-order valence-corrected chi connectivity index (χ1v) is 5.50. The fourth-order valence-corrected chi connectivity index (χ4v) is 1.54. The molecule has 86 valence electrons. The molecule has 1 saturated carbocycles. The quantitative estimate of drug-likeness (QED) is 0.698. The highest BCUT2D eigenvalue weighted by Crippen LogP contribution is 2.38. The summed E-state index contributed by atoms with van der Waals surface area (Å²) in [6, 6.07) is 0. The lowest BCUT2D eigenvalue weighted by atomic mass is 9.99. The molecule has 15 heavy (non-hydrogen) atoms. The summed E-state index contributed by atoms with van der Waals surface area (Å²) < 4.78 is 0.